The Labute approximate surface area is 769 Å². The molecule has 15 rings (SSSR count). The van der Waals surface area contributed by atoms with Gasteiger partial charge in [0.2, 0.25) is 0 Å². The second-order valence-electron chi connectivity index (χ2n) is 30.6. The average molecular weight is 1670 g/mol. The van der Waals surface area contributed by atoms with Gasteiger partial charge in [-0.2, -0.15) is 0 Å². The number of ketones is 5. The summed E-state index contributed by atoms with van der Waals surface area (Å²) in [6, 6.07) is 7.37. The maximum atomic E-state index is 13.8. The molecule has 0 amide bonds. The lowest BCUT2D eigenvalue weighted by Crippen LogP contribution is -2.46. The molecule has 5 saturated heterocycles. The van der Waals surface area contributed by atoms with E-state index in [9.17, 15) is 24.0 Å². The summed E-state index contributed by atoms with van der Waals surface area (Å²) < 4.78 is 458. The van der Waals surface area contributed by atoms with E-state index in [4.69, 9.17) is 116 Å². The number of aryl methyl sites for hydroxylation is 1. The normalized spacial score (nSPS) is 38.0. The molecule has 5 aromatic carbocycles. The number of hydrogen-bond acceptors (Lipinski definition) is 20. The van der Waals surface area contributed by atoms with Crippen LogP contribution in [0.5, 0.6) is 57.5 Å². The predicted octanol–water partition coefficient (Wildman–Crippen LogP) is 17.0. The first kappa shape index (κ1) is 44.7. The van der Waals surface area contributed by atoms with Crippen LogP contribution in [0.1, 0.15) is 300 Å². The first-order valence-electron chi connectivity index (χ1n) is 63.7. The minimum atomic E-state index is -4.13. The molecule has 117 heavy (non-hydrogen) atoms. The number of Topliss-reactive ketones (excluding diaryl/α,β-unsaturated/α-hetero) is 5. The average Bonchev–Trinajstić information content (AvgIpc) is 0.659. The molecule has 12 atom stereocenters. The molecule has 0 bridgehead atoms. The van der Waals surface area contributed by atoms with E-state index >= 15 is 0 Å². The van der Waals surface area contributed by atoms with Crippen LogP contribution in [0.4, 0.5) is 0 Å². The molecule has 20 heteroatoms. The summed E-state index contributed by atoms with van der Waals surface area (Å²) in [6.07, 6.45) is -20.9. The van der Waals surface area contributed by atoms with Crippen LogP contribution in [0, 0.1) is 59.1 Å². The van der Waals surface area contributed by atoms with Crippen molar-refractivity contribution in [1.29, 1.82) is 0 Å². The Morgan fingerprint density at radius 3 is 1.14 bits per heavy atom. The molecular formula is C97H139N5O15. The Bertz CT molecular complexity index is 6530. The minimum absolute atomic E-state index is 0.00372. The summed E-state index contributed by atoms with van der Waals surface area (Å²) in [5.74, 6) is -21.6. The van der Waals surface area contributed by atoms with Gasteiger partial charge in [0, 0.05) is 204 Å². The number of benzene rings is 5. The van der Waals surface area contributed by atoms with Crippen LogP contribution in [0.25, 0.3) is 0 Å². The van der Waals surface area contributed by atoms with Crippen molar-refractivity contribution in [1.82, 2.24) is 24.5 Å². The minimum Gasteiger partial charge on any atom is -0.493 e. The quantitative estimate of drug-likeness (QED) is 0.0634. The summed E-state index contributed by atoms with van der Waals surface area (Å²) in [5.41, 5.74) is 3.64. The molecule has 0 N–H and O–H groups in total. The van der Waals surface area contributed by atoms with E-state index in [0.29, 0.717) is 72.1 Å². The van der Waals surface area contributed by atoms with E-state index in [1.165, 1.54) is 81.7 Å². The number of ether oxygens (including phenoxy) is 10. The fraction of sp³-hybridized carbons (Fsp3) is 0.639. The molecule has 5 aromatic rings. The number of carbonyl (C=O) groups excluding carboxylic acids is 5. The Morgan fingerprint density at radius 2 is 0.735 bits per heavy atom. The molecule has 10 aliphatic heterocycles. The SMILES string of the molecule is [2H]C([2H])([2H])Oc1cc2c(cc1OC)C([2H])([2H])C([2H])([2H])N1CC(CC(C)C)C(=O)CC21[2H].[2H]C([2H])([2H])Oc1cc2c(cc1OC)CCN1C2C([2H])([2H])C(=O)C([2H])(C([2H])([2H])C([2H])(C([2H])([2H])[2H])C([2H])([2H])C)C1([2H])[2H].[2H]C([2H])([2H])Oc1cc2c(cc1OC)CCN1C2C([2H])([2H])C(=O)C([2H])(CC(C)C)C1([2H])[2H].[2H]C([2H])([2H])Oc1cc2c(cc1OC)CCN1C2CC(=O)C(C([2H])([2H])C([2H])(C([2H])([2H])[2H])C([2H])([2H])C)C1([2H])[2H].[2H]C([2H])([2H])Oc1cc2c(cc1OC)CCN1C2CC(=O)C(CC(C)C)C1([2H])[2H]. The van der Waals surface area contributed by atoms with E-state index < -0.39 is 228 Å². The molecule has 20 nitrogen and oxygen atoms in total. The summed E-state index contributed by atoms with van der Waals surface area (Å²) in [7, 11) is -7.41. The molecular weight excluding hydrogens is 1480 g/mol. The lowest BCUT2D eigenvalue weighted by Gasteiger charge is -2.43. The number of methoxy groups -OCH3 is 10. The Hall–Kier alpha value is -7.75. The summed E-state index contributed by atoms with van der Waals surface area (Å²) >= 11 is 0. The molecule has 0 aromatic heterocycles. The highest BCUT2D eigenvalue weighted by molar-refractivity contribution is 5.86. The highest BCUT2D eigenvalue weighted by atomic mass is 16.5. The third-order valence-corrected chi connectivity index (χ3v) is 21.7. The van der Waals surface area contributed by atoms with E-state index in [1.54, 1.807) is 36.9 Å². The van der Waals surface area contributed by atoms with Gasteiger partial charge in [0.15, 0.2) is 57.5 Å². The van der Waals surface area contributed by atoms with Crippen LogP contribution < -0.4 is 47.4 Å². The zero-order valence-corrected chi connectivity index (χ0v) is 68.0. The Balaban J connectivity index is 0.000000196. The second-order valence-corrected chi connectivity index (χ2v) is 30.6. The van der Waals surface area contributed by atoms with Crippen molar-refractivity contribution in [3.63, 3.8) is 0 Å². The van der Waals surface area contributed by atoms with Crippen LogP contribution in [0.3, 0.4) is 0 Å². The van der Waals surface area contributed by atoms with Gasteiger partial charge in [0.1, 0.15) is 28.9 Å². The van der Waals surface area contributed by atoms with Crippen LogP contribution in [-0.2, 0) is 56.0 Å². The standard InChI is InChI=1S/2C20H29NO3.3C19H27NO3/c2*1-5-13(2)8-15-12-21-7-6-14-9-19(23-3)20(24-4)10-16(14)17(21)11-18(15)22;3*1-12(2)7-14-11-20-6-5-13-8-18(22-3)19(23-4)9-15(13)16(20)10-17(14)21/h2*9-10,13,15,17H,5-8,11-12H2,1-4H3;3*8-9,12,14,16H,5-7,10-11H2,1-4H3/i2D3,4D3,5D2,8D2,11D2,12D2,13D,15D;2D3,4D3,5D2,8D2,12D2,13D;4D3,10D2,11D2,14D;4D3,5D2,6D2,16D;4D3,11D2. The molecule has 12 unspecified atom stereocenters. The van der Waals surface area contributed by atoms with Gasteiger partial charge in [-0.3, -0.25) is 48.5 Å². The van der Waals surface area contributed by atoms with Crippen LogP contribution in [-0.4, -0.2) is 189 Å². The molecule has 0 radical (unpaired) electrons. The monoisotopic (exact) mass is 1660 g/mol. The van der Waals surface area contributed by atoms with Crippen molar-refractivity contribution in [3.8, 4) is 57.5 Å². The molecule has 642 valence electrons. The van der Waals surface area contributed by atoms with Gasteiger partial charge in [-0.15, -0.1) is 0 Å². The predicted molar refractivity (Wildman–Crippen MR) is 460 cm³/mol. The lowest BCUT2D eigenvalue weighted by molar-refractivity contribution is -0.130. The van der Waals surface area contributed by atoms with Crippen LogP contribution in [0.2, 0.25) is 0 Å². The van der Waals surface area contributed by atoms with Gasteiger partial charge in [-0.1, -0.05) is 81.8 Å². The Kier molecular flexibility index (Phi) is 15.7. The van der Waals surface area contributed by atoms with Gasteiger partial charge < -0.3 is 47.4 Å². The molecule has 0 saturated carbocycles. The number of carbonyl (C=O) groups is 5. The van der Waals surface area contributed by atoms with Gasteiger partial charge in [0.25, 0.3) is 0 Å². The number of fused-ring (bicyclic) bond motifs is 15. The smallest absolute Gasteiger partial charge is 0.161 e. The van der Waals surface area contributed by atoms with E-state index in [1.807, 2.05) is 27.7 Å². The van der Waals surface area contributed by atoms with Gasteiger partial charge in [0.05, 0.1) is 92.7 Å². The Morgan fingerprint density at radius 1 is 0.393 bits per heavy atom. The van der Waals surface area contributed by atoms with Crippen LogP contribution in [0.15, 0.2) is 60.7 Å². The lowest BCUT2D eigenvalue weighted by atomic mass is 9.79. The first-order chi connectivity index (χ1) is 75.2. The van der Waals surface area contributed by atoms with Gasteiger partial charge >= 0.3 is 0 Å². The van der Waals surface area contributed by atoms with Crippen molar-refractivity contribution >= 4 is 28.9 Å². The third-order valence-electron chi connectivity index (χ3n) is 21.7. The molecule has 5 fully saturated rings. The molecule has 10 heterocycles. The highest BCUT2D eigenvalue weighted by Crippen LogP contribution is 2.49. The van der Waals surface area contributed by atoms with Crippen molar-refractivity contribution in [3.05, 3.63) is 116 Å². The summed E-state index contributed by atoms with van der Waals surface area (Å²) in [5, 5.41) is 0. The molecule has 10 aliphatic rings. The molecule has 0 aliphatic carbocycles. The molecule has 0 spiro atoms. The number of rotatable bonds is 22. The van der Waals surface area contributed by atoms with E-state index in [0.717, 1.165) is 29.0 Å². The maximum absolute atomic E-state index is 13.8. The number of piperidine rings is 5. The largest absolute Gasteiger partial charge is 0.493 e. The number of hydrogen-bond donors (Lipinski definition) is 0. The van der Waals surface area contributed by atoms with Crippen molar-refractivity contribution < 1.29 is 140 Å². The third kappa shape index (κ3) is 21.0. The highest BCUT2D eigenvalue weighted by Gasteiger charge is 2.45. The van der Waals surface area contributed by atoms with E-state index in [2.05, 4.69) is 0 Å². The van der Waals surface area contributed by atoms with Crippen molar-refractivity contribution in [2.75, 3.05) is 136 Å². The maximum Gasteiger partial charge on any atom is 0.161 e. The van der Waals surface area contributed by atoms with Gasteiger partial charge in [-0.25, -0.2) is 0 Å². The first-order valence-corrected chi connectivity index (χ1v) is 38.7. The fourth-order valence-electron chi connectivity index (χ4n) is 15.9. The number of nitrogens with zero attached hydrogens (tertiary/aromatic N) is 5. The summed E-state index contributed by atoms with van der Waals surface area (Å²) in [4.78, 5) is 72.2. The fourth-order valence-corrected chi connectivity index (χ4v) is 15.9. The van der Waals surface area contributed by atoms with Crippen molar-refractivity contribution in [2.45, 2.75) is 208 Å². The van der Waals surface area contributed by atoms with Crippen molar-refractivity contribution in [2.24, 2.45) is 59.1 Å². The second kappa shape index (κ2) is 41.0. The summed E-state index contributed by atoms with van der Waals surface area (Å²) in [6.45, 7) is -7.66. The zero-order valence-electron chi connectivity index (χ0n) is 118. The zero-order chi connectivity index (χ0) is 128. The van der Waals surface area contributed by atoms with Gasteiger partial charge in [-0.05, 0) is 210 Å². The topological polar surface area (TPSA) is 194 Å². The van der Waals surface area contributed by atoms with Crippen LogP contribution >= 0.6 is 0 Å². The van der Waals surface area contributed by atoms with E-state index in [-0.39, 0.29) is 155 Å².